The highest BCUT2D eigenvalue weighted by Gasteiger charge is 2.07. The predicted octanol–water partition coefficient (Wildman–Crippen LogP) is 4.06. The summed E-state index contributed by atoms with van der Waals surface area (Å²) < 4.78 is 5.67. The van der Waals surface area contributed by atoms with Crippen molar-refractivity contribution in [3.8, 4) is 0 Å². The molecule has 2 aromatic rings. The van der Waals surface area contributed by atoms with Gasteiger partial charge in [-0.1, -0.05) is 15.9 Å². The fourth-order valence-corrected chi connectivity index (χ4v) is 2.93. The molecule has 1 aromatic heterocycles. The monoisotopic (exact) mass is 354 g/mol. The van der Waals surface area contributed by atoms with Crippen LogP contribution in [-0.2, 0) is 16.0 Å². The van der Waals surface area contributed by atoms with Gasteiger partial charge in [0.15, 0.2) is 5.13 Å². The molecule has 0 bridgehead atoms. The van der Waals surface area contributed by atoms with E-state index in [1.54, 1.807) is 0 Å². The van der Waals surface area contributed by atoms with E-state index in [1.165, 1.54) is 18.4 Å². The summed E-state index contributed by atoms with van der Waals surface area (Å²) in [6.07, 6.45) is 0.959. The number of esters is 1. The van der Waals surface area contributed by atoms with E-state index in [4.69, 9.17) is 0 Å². The number of nitrogens with zero attached hydrogens (tertiary/aromatic N) is 1. The van der Waals surface area contributed by atoms with E-state index < -0.39 is 0 Å². The summed E-state index contributed by atoms with van der Waals surface area (Å²) in [5.74, 6) is -0.212. The maximum atomic E-state index is 11.1. The van der Waals surface area contributed by atoms with Crippen molar-refractivity contribution in [2.24, 2.45) is 0 Å². The van der Waals surface area contributed by atoms with Gasteiger partial charge in [0.05, 0.1) is 19.2 Å². The number of rotatable bonds is 5. The summed E-state index contributed by atoms with van der Waals surface area (Å²) in [7, 11) is 1.40. The Labute approximate surface area is 130 Å². The molecule has 0 fully saturated rings. The molecular weight excluding hydrogens is 340 g/mol. The molecule has 1 aromatic carbocycles. The SMILES string of the molecule is COC(=O)CCc1csc(Nc2ccc(Br)cc2C)n1. The number of hydrogen-bond donors (Lipinski definition) is 1. The number of benzene rings is 1. The van der Waals surface area contributed by atoms with Gasteiger partial charge in [-0.2, -0.15) is 0 Å². The molecule has 0 radical (unpaired) electrons. The molecule has 0 spiro atoms. The molecular formula is C14H15BrN2O2S. The molecule has 0 saturated carbocycles. The maximum Gasteiger partial charge on any atom is 0.305 e. The number of hydrogen-bond acceptors (Lipinski definition) is 5. The topological polar surface area (TPSA) is 51.2 Å². The fourth-order valence-electron chi connectivity index (χ4n) is 1.69. The first kappa shape index (κ1) is 15.0. The third kappa shape index (κ3) is 4.05. The Morgan fingerprint density at radius 2 is 2.30 bits per heavy atom. The summed E-state index contributed by atoms with van der Waals surface area (Å²) in [6.45, 7) is 2.04. The maximum absolute atomic E-state index is 11.1. The van der Waals surface area contributed by atoms with Gasteiger partial charge in [-0.25, -0.2) is 4.98 Å². The lowest BCUT2D eigenvalue weighted by Gasteiger charge is -2.06. The number of aryl methyl sites for hydroxylation is 2. The normalized spacial score (nSPS) is 10.3. The number of ether oxygens (including phenoxy) is 1. The highest BCUT2D eigenvalue weighted by atomic mass is 79.9. The average molecular weight is 355 g/mol. The average Bonchev–Trinajstić information content (AvgIpc) is 2.87. The lowest BCUT2D eigenvalue weighted by atomic mass is 10.2. The first-order chi connectivity index (χ1) is 9.58. The smallest absolute Gasteiger partial charge is 0.305 e. The van der Waals surface area contributed by atoms with E-state index in [0.717, 1.165) is 26.5 Å². The van der Waals surface area contributed by atoms with Crippen LogP contribution in [-0.4, -0.2) is 18.1 Å². The summed E-state index contributed by atoms with van der Waals surface area (Å²) in [4.78, 5) is 15.6. The van der Waals surface area contributed by atoms with Crippen LogP contribution < -0.4 is 5.32 Å². The third-order valence-electron chi connectivity index (χ3n) is 2.79. The standard InChI is InChI=1S/C14H15BrN2O2S/c1-9-7-10(15)3-5-12(9)17-14-16-11(8-20-14)4-6-13(18)19-2/h3,5,7-8H,4,6H2,1-2H3,(H,16,17). The summed E-state index contributed by atoms with van der Waals surface area (Å²) >= 11 is 4.97. The first-order valence-electron chi connectivity index (χ1n) is 6.13. The molecule has 0 aliphatic heterocycles. The molecule has 4 nitrogen and oxygen atoms in total. The molecule has 0 saturated heterocycles. The Morgan fingerprint density at radius 1 is 1.50 bits per heavy atom. The van der Waals surface area contributed by atoms with Crippen molar-refractivity contribution in [2.75, 3.05) is 12.4 Å². The molecule has 106 valence electrons. The van der Waals surface area contributed by atoms with Crippen molar-refractivity contribution in [1.29, 1.82) is 0 Å². The second-order valence-electron chi connectivity index (χ2n) is 4.30. The number of aromatic nitrogens is 1. The number of carbonyl (C=O) groups excluding carboxylic acids is 1. The minimum Gasteiger partial charge on any atom is -0.469 e. The zero-order valence-electron chi connectivity index (χ0n) is 11.3. The van der Waals surface area contributed by atoms with Crippen LogP contribution in [0.25, 0.3) is 0 Å². The van der Waals surface area contributed by atoms with Crippen LogP contribution in [0, 0.1) is 6.92 Å². The first-order valence-corrected chi connectivity index (χ1v) is 7.80. The van der Waals surface area contributed by atoms with E-state index >= 15 is 0 Å². The van der Waals surface area contributed by atoms with Gasteiger partial charge in [-0.05, 0) is 30.7 Å². The van der Waals surface area contributed by atoms with Crippen LogP contribution in [0.1, 0.15) is 17.7 Å². The van der Waals surface area contributed by atoms with Crippen molar-refractivity contribution >= 4 is 44.1 Å². The number of halogens is 1. The number of anilines is 2. The van der Waals surface area contributed by atoms with Crippen LogP contribution in [0.3, 0.4) is 0 Å². The zero-order chi connectivity index (χ0) is 14.5. The van der Waals surface area contributed by atoms with Crippen LogP contribution in [0.15, 0.2) is 28.1 Å². The second kappa shape index (κ2) is 6.85. The minimum absolute atomic E-state index is 0.212. The number of thiazole rings is 1. The van der Waals surface area contributed by atoms with Crippen molar-refractivity contribution in [1.82, 2.24) is 4.98 Å². The molecule has 0 unspecified atom stereocenters. The lowest BCUT2D eigenvalue weighted by Crippen LogP contribution is -2.02. The van der Waals surface area contributed by atoms with Crippen molar-refractivity contribution in [3.63, 3.8) is 0 Å². The van der Waals surface area contributed by atoms with E-state index in [0.29, 0.717) is 12.8 Å². The van der Waals surface area contributed by atoms with E-state index in [2.05, 4.69) is 31.0 Å². The molecule has 0 aliphatic rings. The van der Waals surface area contributed by atoms with Gasteiger partial charge in [-0.15, -0.1) is 11.3 Å². The summed E-state index contributed by atoms with van der Waals surface area (Å²) in [5, 5.41) is 6.08. The molecule has 0 atom stereocenters. The number of methoxy groups -OCH3 is 1. The lowest BCUT2D eigenvalue weighted by molar-refractivity contribution is -0.140. The third-order valence-corrected chi connectivity index (χ3v) is 4.09. The highest BCUT2D eigenvalue weighted by molar-refractivity contribution is 9.10. The van der Waals surface area contributed by atoms with Crippen LogP contribution in [0.2, 0.25) is 0 Å². The summed E-state index contributed by atoms with van der Waals surface area (Å²) in [5.41, 5.74) is 3.07. The molecule has 0 aliphatic carbocycles. The van der Waals surface area contributed by atoms with Crippen molar-refractivity contribution in [2.45, 2.75) is 19.8 Å². The largest absolute Gasteiger partial charge is 0.469 e. The molecule has 20 heavy (non-hydrogen) atoms. The van der Waals surface area contributed by atoms with Gasteiger partial charge >= 0.3 is 5.97 Å². The van der Waals surface area contributed by atoms with Gasteiger partial charge < -0.3 is 10.1 Å². The Morgan fingerprint density at radius 3 is 3.00 bits per heavy atom. The minimum atomic E-state index is -0.212. The van der Waals surface area contributed by atoms with Crippen LogP contribution in [0.4, 0.5) is 10.8 Å². The predicted molar refractivity (Wildman–Crippen MR) is 84.6 cm³/mol. The summed E-state index contributed by atoms with van der Waals surface area (Å²) in [6, 6.07) is 6.05. The highest BCUT2D eigenvalue weighted by Crippen LogP contribution is 2.26. The van der Waals surface area contributed by atoms with Gasteiger partial charge in [-0.3, -0.25) is 4.79 Å². The number of carbonyl (C=O) groups is 1. The van der Waals surface area contributed by atoms with Crippen molar-refractivity contribution < 1.29 is 9.53 Å². The fraction of sp³-hybridized carbons (Fsp3) is 0.286. The number of nitrogens with one attached hydrogen (secondary N) is 1. The van der Waals surface area contributed by atoms with Gasteiger partial charge in [0.25, 0.3) is 0 Å². The van der Waals surface area contributed by atoms with Crippen LogP contribution >= 0.6 is 27.3 Å². The molecule has 0 amide bonds. The van der Waals surface area contributed by atoms with Crippen LogP contribution in [0.5, 0.6) is 0 Å². The van der Waals surface area contributed by atoms with E-state index in [9.17, 15) is 4.79 Å². The van der Waals surface area contributed by atoms with Gasteiger partial charge in [0, 0.05) is 22.0 Å². The zero-order valence-corrected chi connectivity index (χ0v) is 13.7. The van der Waals surface area contributed by atoms with Gasteiger partial charge in [0.2, 0.25) is 0 Å². The Hall–Kier alpha value is -1.40. The quantitative estimate of drug-likeness (QED) is 0.822. The molecule has 1 N–H and O–H groups in total. The Kier molecular flexibility index (Phi) is 5.14. The van der Waals surface area contributed by atoms with Crippen molar-refractivity contribution in [3.05, 3.63) is 39.3 Å². The molecule has 6 heteroatoms. The Balaban J connectivity index is 2.00. The van der Waals surface area contributed by atoms with Gasteiger partial charge in [0.1, 0.15) is 0 Å². The molecule has 2 rings (SSSR count). The Bertz CT molecular complexity index is 613. The van der Waals surface area contributed by atoms with E-state index in [-0.39, 0.29) is 5.97 Å². The second-order valence-corrected chi connectivity index (χ2v) is 6.08. The van der Waals surface area contributed by atoms with E-state index in [1.807, 2.05) is 30.5 Å². The molecule has 1 heterocycles.